The summed E-state index contributed by atoms with van der Waals surface area (Å²) < 4.78 is 26.1. The number of ether oxygens (including phenoxy) is 5. The minimum absolute atomic E-state index is 0.209. The largest absolute Gasteiger partial charge is 0.456 e. The van der Waals surface area contributed by atoms with Crippen LogP contribution in [0, 0.1) is 0 Å². The monoisotopic (exact) mass is 345 g/mol. The lowest BCUT2D eigenvalue weighted by atomic mass is 9.98. The van der Waals surface area contributed by atoms with Crippen molar-refractivity contribution in [3.05, 3.63) is 10.4 Å². The number of azide groups is 1. The molecule has 11 heteroatoms. The van der Waals surface area contributed by atoms with E-state index in [9.17, 15) is 14.4 Å². The van der Waals surface area contributed by atoms with Gasteiger partial charge in [-0.05, 0) is 5.53 Å². The lowest BCUT2D eigenvalue weighted by molar-refractivity contribution is -0.296. The third-order valence-electron chi connectivity index (χ3n) is 3.05. The van der Waals surface area contributed by atoms with Gasteiger partial charge in [0.1, 0.15) is 6.10 Å². The second-order valence-corrected chi connectivity index (χ2v) is 4.91. The van der Waals surface area contributed by atoms with Gasteiger partial charge in [0.25, 0.3) is 0 Å². The van der Waals surface area contributed by atoms with Crippen LogP contribution in [-0.2, 0) is 38.1 Å². The van der Waals surface area contributed by atoms with Gasteiger partial charge in [0, 0.05) is 32.8 Å². The van der Waals surface area contributed by atoms with Crippen LogP contribution in [0.15, 0.2) is 5.11 Å². The van der Waals surface area contributed by atoms with Crippen LogP contribution in [0.4, 0.5) is 0 Å². The minimum atomic E-state index is -1.19. The lowest BCUT2D eigenvalue weighted by Crippen LogP contribution is -2.62. The van der Waals surface area contributed by atoms with Gasteiger partial charge in [-0.2, -0.15) is 0 Å². The van der Waals surface area contributed by atoms with Gasteiger partial charge in [-0.1, -0.05) is 5.11 Å². The Morgan fingerprint density at radius 2 is 1.50 bits per heavy atom. The van der Waals surface area contributed by atoms with Crippen LogP contribution < -0.4 is 0 Å². The Morgan fingerprint density at radius 3 is 1.96 bits per heavy atom. The number of rotatable bonds is 6. The molecule has 5 atom stereocenters. The van der Waals surface area contributed by atoms with Gasteiger partial charge in [0.15, 0.2) is 24.6 Å². The van der Waals surface area contributed by atoms with E-state index in [4.69, 9.17) is 29.2 Å². The SMILES string of the molecule is CO[C@@H]1O[C@H](CN=[N+]=[N-])[C@H](OC(C)=O)[C@@H](OC(C)=O)[C@@H]1OC(C)=O. The molecule has 0 aliphatic carbocycles. The summed E-state index contributed by atoms with van der Waals surface area (Å²) >= 11 is 0. The normalized spacial score (nSPS) is 29.1. The van der Waals surface area contributed by atoms with E-state index in [-0.39, 0.29) is 6.54 Å². The molecule has 0 spiro atoms. The predicted molar refractivity (Wildman–Crippen MR) is 76.3 cm³/mol. The van der Waals surface area contributed by atoms with E-state index in [0.717, 1.165) is 20.8 Å². The summed E-state index contributed by atoms with van der Waals surface area (Å²) in [5, 5.41) is 3.38. The molecular weight excluding hydrogens is 326 g/mol. The first kappa shape index (κ1) is 19.7. The fourth-order valence-corrected chi connectivity index (χ4v) is 2.31. The second kappa shape index (κ2) is 9.06. The minimum Gasteiger partial charge on any atom is -0.456 e. The van der Waals surface area contributed by atoms with E-state index in [1.165, 1.54) is 7.11 Å². The topological polar surface area (TPSA) is 146 Å². The molecule has 0 radical (unpaired) electrons. The number of hydrogen-bond donors (Lipinski definition) is 0. The summed E-state index contributed by atoms with van der Waals surface area (Å²) in [6.45, 7) is 3.25. The van der Waals surface area contributed by atoms with Crippen molar-refractivity contribution in [2.45, 2.75) is 51.5 Å². The number of nitrogens with zero attached hydrogens (tertiary/aromatic N) is 3. The van der Waals surface area contributed by atoms with E-state index in [1.54, 1.807) is 0 Å². The van der Waals surface area contributed by atoms with Gasteiger partial charge >= 0.3 is 17.9 Å². The van der Waals surface area contributed by atoms with Crippen molar-refractivity contribution >= 4 is 17.9 Å². The number of carbonyl (C=O) groups excluding carboxylic acids is 3. The Bertz CT molecular complexity index is 533. The fraction of sp³-hybridized carbons (Fsp3) is 0.769. The van der Waals surface area contributed by atoms with Crippen LogP contribution in [0.25, 0.3) is 10.4 Å². The number of esters is 3. The molecule has 1 heterocycles. The van der Waals surface area contributed by atoms with E-state index in [1.807, 2.05) is 0 Å². The third-order valence-corrected chi connectivity index (χ3v) is 3.05. The summed E-state index contributed by atoms with van der Waals surface area (Å²) in [6, 6.07) is 0. The van der Waals surface area contributed by atoms with Crippen LogP contribution >= 0.6 is 0 Å². The first-order chi connectivity index (χ1) is 11.3. The summed E-state index contributed by atoms with van der Waals surface area (Å²) in [4.78, 5) is 36.8. The molecule has 0 amide bonds. The molecule has 0 saturated carbocycles. The maximum absolute atomic E-state index is 11.4. The molecule has 24 heavy (non-hydrogen) atoms. The molecule has 1 fully saturated rings. The van der Waals surface area contributed by atoms with Crippen LogP contribution in [0.5, 0.6) is 0 Å². The summed E-state index contributed by atoms with van der Waals surface area (Å²) in [5.41, 5.74) is 8.48. The highest BCUT2D eigenvalue weighted by Crippen LogP contribution is 2.29. The first-order valence-electron chi connectivity index (χ1n) is 7.01. The maximum Gasteiger partial charge on any atom is 0.303 e. The van der Waals surface area contributed by atoms with Crippen molar-refractivity contribution in [3.8, 4) is 0 Å². The van der Waals surface area contributed by atoms with Gasteiger partial charge < -0.3 is 23.7 Å². The highest BCUT2D eigenvalue weighted by Gasteiger charge is 2.51. The predicted octanol–water partition coefficient (Wildman–Crippen LogP) is 0.463. The molecule has 1 saturated heterocycles. The van der Waals surface area contributed by atoms with Crippen molar-refractivity contribution in [1.29, 1.82) is 0 Å². The average molecular weight is 345 g/mol. The molecule has 0 N–H and O–H groups in total. The first-order valence-corrected chi connectivity index (χ1v) is 7.01. The molecule has 1 rings (SSSR count). The van der Waals surface area contributed by atoms with Crippen molar-refractivity contribution < 1.29 is 38.1 Å². The van der Waals surface area contributed by atoms with Crippen LogP contribution in [0.3, 0.4) is 0 Å². The highest BCUT2D eigenvalue weighted by atomic mass is 16.7. The number of methoxy groups -OCH3 is 1. The van der Waals surface area contributed by atoms with Gasteiger partial charge in [-0.3, -0.25) is 14.4 Å². The molecular formula is C13H19N3O8. The van der Waals surface area contributed by atoms with E-state index in [0.29, 0.717) is 0 Å². The van der Waals surface area contributed by atoms with Crippen LogP contribution in [0.1, 0.15) is 20.8 Å². The van der Waals surface area contributed by atoms with Crippen molar-refractivity contribution in [3.63, 3.8) is 0 Å². The van der Waals surface area contributed by atoms with Crippen molar-refractivity contribution in [1.82, 2.24) is 0 Å². The maximum atomic E-state index is 11.4. The summed E-state index contributed by atoms with van der Waals surface area (Å²) in [5.74, 6) is -2.03. The van der Waals surface area contributed by atoms with Gasteiger partial charge in [0.2, 0.25) is 0 Å². The Morgan fingerprint density at radius 1 is 1.00 bits per heavy atom. The molecule has 0 unspecified atom stereocenters. The molecule has 134 valence electrons. The molecule has 1 aliphatic heterocycles. The van der Waals surface area contributed by atoms with E-state index >= 15 is 0 Å². The molecule has 0 aromatic carbocycles. The quantitative estimate of drug-likeness (QED) is 0.222. The van der Waals surface area contributed by atoms with E-state index in [2.05, 4.69) is 10.0 Å². The van der Waals surface area contributed by atoms with Gasteiger partial charge in [-0.25, -0.2) is 0 Å². The Hall–Kier alpha value is -2.36. The zero-order chi connectivity index (χ0) is 18.3. The van der Waals surface area contributed by atoms with Crippen LogP contribution in [0.2, 0.25) is 0 Å². The van der Waals surface area contributed by atoms with E-state index < -0.39 is 48.6 Å². The third kappa shape index (κ3) is 5.37. The summed E-state index contributed by atoms with van der Waals surface area (Å²) in [6.07, 6.45) is -5.56. The Kier molecular flexibility index (Phi) is 7.43. The molecule has 0 bridgehead atoms. The Balaban J connectivity index is 3.22. The Labute approximate surface area is 137 Å². The second-order valence-electron chi connectivity index (χ2n) is 4.91. The zero-order valence-corrected chi connectivity index (χ0v) is 13.7. The van der Waals surface area contributed by atoms with Crippen molar-refractivity contribution in [2.75, 3.05) is 13.7 Å². The molecule has 0 aromatic rings. The number of carbonyl (C=O) groups is 3. The summed E-state index contributed by atoms with van der Waals surface area (Å²) in [7, 11) is 1.29. The lowest BCUT2D eigenvalue weighted by Gasteiger charge is -2.43. The smallest absolute Gasteiger partial charge is 0.303 e. The van der Waals surface area contributed by atoms with Crippen LogP contribution in [-0.4, -0.2) is 62.3 Å². The van der Waals surface area contributed by atoms with Gasteiger partial charge in [0.05, 0.1) is 6.54 Å². The molecule has 0 aromatic heterocycles. The fourth-order valence-electron chi connectivity index (χ4n) is 2.31. The average Bonchev–Trinajstić information content (AvgIpc) is 2.48. The van der Waals surface area contributed by atoms with Crippen molar-refractivity contribution in [2.24, 2.45) is 5.11 Å². The molecule has 11 nitrogen and oxygen atoms in total. The number of hydrogen-bond acceptors (Lipinski definition) is 9. The highest BCUT2D eigenvalue weighted by molar-refractivity contribution is 5.68. The van der Waals surface area contributed by atoms with Gasteiger partial charge in [-0.15, -0.1) is 0 Å². The zero-order valence-electron chi connectivity index (χ0n) is 13.7. The standard InChI is InChI=1S/C13H19N3O8/c1-6(17)21-10-9(5-15-16-14)24-13(20-4)12(23-8(3)19)11(10)22-7(2)18/h9-13H,5H2,1-4H3/t9-,10+,11-,12+,13-/m1/s1. The molecule has 1 aliphatic rings.